The van der Waals surface area contributed by atoms with E-state index in [0.717, 1.165) is 18.0 Å². The van der Waals surface area contributed by atoms with Crippen molar-refractivity contribution in [3.8, 4) is 0 Å². The molecule has 1 heterocycles. The molecule has 1 aromatic carbocycles. The maximum absolute atomic E-state index is 13.5. The molecule has 4 heteroatoms. The van der Waals surface area contributed by atoms with Gasteiger partial charge in [0.15, 0.2) is 0 Å². The molecule has 0 aliphatic rings. The molecule has 0 bridgehead atoms. The highest BCUT2D eigenvalue weighted by atomic mass is 19.1. The zero-order chi connectivity index (χ0) is 12.4. The lowest BCUT2D eigenvalue weighted by Crippen LogP contribution is -2.07. The Morgan fingerprint density at radius 2 is 2.06 bits per heavy atom. The summed E-state index contributed by atoms with van der Waals surface area (Å²) in [5.74, 6) is 0.303. The Hall–Kier alpha value is -1.71. The molecule has 90 valence electrons. The van der Waals surface area contributed by atoms with Gasteiger partial charge in [-0.05, 0) is 18.2 Å². The fourth-order valence-electron chi connectivity index (χ4n) is 1.80. The van der Waals surface area contributed by atoms with Gasteiger partial charge < -0.3 is 4.57 Å². The molecule has 2 aromatic rings. The van der Waals surface area contributed by atoms with Gasteiger partial charge in [-0.25, -0.2) is 13.8 Å². The largest absolute Gasteiger partial charge is 0.330 e. The minimum Gasteiger partial charge on any atom is -0.330 e. The molecule has 0 N–H and O–H groups in total. The second-order valence-corrected chi connectivity index (χ2v) is 4.30. The van der Waals surface area contributed by atoms with E-state index in [0.29, 0.717) is 12.1 Å². The molecule has 0 fully saturated rings. The average Bonchev–Trinajstić information content (AvgIpc) is 2.71. The Morgan fingerprint density at radius 1 is 1.29 bits per heavy atom. The lowest BCUT2D eigenvalue weighted by molar-refractivity contribution is 0.569. The summed E-state index contributed by atoms with van der Waals surface area (Å²) in [4.78, 5) is 4.21. The van der Waals surface area contributed by atoms with Gasteiger partial charge in [-0.3, -0.25) is 0 Å². The number of hydrogen-bond acceptors (Lipinski definition) is 1. The van der Waals surface area contributed by atoms with Gasteiger partial charge in [0, 0.05) is 23.9 Å². The van der Waals surface area contributed by atoms with Crippen molar-refractivity contribution in [2.24, 2.45) is 0 Å². The van der Waals surface area contributed by atoms with Crippen molar-refractivity contribution in [2.45, 2.75) is 26.3 Å². The van der Waals surface area contributed by atoms with E-state index in [1.54, 1.807) is 12.4 Å². The molecule has 17 heavy (non-hydrogen) atoms. The van der Waals surface area contributed by atoms with E-state index in [-0.39, 0.29) is 5.92 Å². The van der Waals surface area contributed by atoms with Gasteiger partial charge in [0.05, 0.1) is 6.54 Å². The van der Waals surface area contributed by atoms with Crippen LogP contribution in [0.1, 0.15) is 31.2 Å². The SMILES string of the molecule is CC(C)c1nccn1Cc1cc(F)ccc1F. The molecule has 2 nitrogen and oxygen atoms in total. The highest BCUT2D eigenvalue weighted by molar-refractivity contribution is 5.19. The first-order valence-electron chi connectivity index (χ1n) is 5.53. The van der Waals surface area contributed by atoms with E-state index in [1.807, 2.05) is 18.4 Å². The van der Waals surface area contributed by atoms with Crippen LogP contribution >= 0.6 is 0 Å². The van der Waals surface area contributed by atoms with Crippen molar-refractivity contribution < 1.29 is 8.78 Å². The fourth-order valence-corrected chi connectivity index (χ4v) is 1.80. The number of benzene rings is 1. The molecule has 2 rings (SSSR count). The number of hydrogen-bond donors (Lipinski definition) is 0. The predicted octanol–water partition coefficient (Wildman–Crippen LogP) is 3.33. The first kappa shape index (κ1) is 11.8. The maximum Gasteiger partial charge on any atom is 0.128 e. The topological polar surface area (TPSA) is 17.8 Å². The second kappa shape index (κ2) is 4.65. The second-order valence-electron chi connectivity index (χ2n) is 4.30. The summed E-state index contributed by atoms with van der Waals surface area (Å²) in [6.45, 7) is 4.33. The van der Waals surface area contributed by atoms with Gasteiger partial charge in [-0.1, -0.05) is 13.8 Å². The molecular formula is C13H14F2N2. The first-order valence-corrected chi connectivity index (χ1v) is 5.53. The van der Waals surface area contributed by atoms with E-state index < -0.39 is 11.6 Å². The quantitative estimate of drug-likeness (QED) is 0.799. The molecule has 0 aliphatic carbocycles. The summed E-state index contributed by atoms with van der Waals surface area (Å²) in [5, 5.41) is 0. The Morgan fingerprint density at radius 3 is 2.76 bits per heavy atom. The van der Waals surface area contributed by atoms with Crippen molar-refractivity contribution in [3.05, 3.63) is 53.6 Å². The van der Waals surface area contributed by atoms with Gasteiger partial charge in [0.25, 0.3) is 0 Å². The molecule has 0 aliphatic heterocycles. The van der Waals surface area contributed by atoms with Crippen LogP contribution in [0.2, 0.25) is 0 Å². The van der Waals surface area contributed by atoms with Crippen molar-refractivity contribution in [1.29, 1.82) is 0 Å². The first-order chi connectivity index (χ1) is 8.08. The molecule has 0 saturated heterocycles. The number of nitrogens with zero attached hydrogens (tertiary/aromatic N) is 2. The lowest BCUT2D eigenvalue weighted by Gasteiger charge is -2.11. The van der Waals surface area contributed by atoms with E-state index in [2.05, 4.69) is 4.98 Å². The van der Waals surface area contributed by atoms with Crippen molar-refractivity contribution >= 4 is 0 Å². The molecule has 0 amide bonds. The third kappa shape index (κ3) is 2.52. The highest BCUT2D eigenvalue weighted by Crippen LogP contribution is 2.16. The van der Waals surface area contributed by atoms with E-state index in [4.69, 9.17) is 0 Å². The Labute approximate surface area is 98.9 Å². The predicted molar refractivity (Wildman–Crippen MR) is 61.8 cm³/mol. The summed E-state index contributed by atoms with van der Waals surface area (Å²) < 4.78 is 28.4. The number of rotatable bonds is 3. The van der Waals surface area contributed by atoms with Crippen molar-refractivity contribution in [3.63, 3.8) is 0 Å². The maximum atomic E-state index is 13.5. The van der Waals surface area contributed by atoms with E-state index >= 15 is 0 Å². The minimum absolute atomic E-state index is 0.252. The van der Waals surface area contributed by atoms with Crippen molar-refractivity contribution in [2.75, 3.05) is 0 Å². The van der Waals surface area contributed by atoms with E-state index in [1.165, 1.54) is 6.07 Å². The minimum atomic E-state index is -0.424. The summed E-state index contributed by atoms with van der Waals surface area (Å²) in [5.41, 5.74) is 0.338. The normalized spacial score (nSPS) is 11.1. The van der Waals surface area contributed by atoms with Crippen LogP contribution in [0.5, 0.6) is 0 Å². The van der Waals surface area contributed by atoms with Crippen LogP contribution < -0.4 is 0 Å². The van der Waals surface area contributed by atoms with Crippen LogP contribution in [0.3, 0.4) is 0 Å². The van der Waals surface area contributed by atoms with Gasteiger partial charge in [-0.15, -0.1) is 0 Å². The lowest BCUT2D eigenvalue weighted by atomic mass is 10.1. The van der Waals surface area contributed by atoms with Crippen LogP contribution in [-0.2, 0) is 6.54 Å². The monoisotopic (exact) mass is 236 g/mol. The third-order valence-corrected chi connectivity index (χ3v) is 2.61. The summed E-state index contributed by atoms with van der Waals surface area (Å²) >= 11 is 0. The Bertz CT molecular complexity index is 518. The number of halogens is 2. The summed E-state index contributed by atoms with van der Waals surface area (Å²) in [6, 6.07) is 3.49. The van der Waals surface area contributed by atoms with Crippen LogP contribution in [0.25, 0.3) is 0 Å². The van der Waals surface area contributed by atoms with Crippen LogP contribution in [0, 0.1) is 11.6 Å². The zero-order valence-corrected chi connectivity index (χ0v) is 9.82. The Balaban J connectivity index is 2.31. The standard InChI is InChI=1S/C13H14F2N2/c1-9(2)13-16-5-6-17(13)8-10-7-11(14)3-4-12(10)15/h3-7,9H,8H2,1-2H3. The smallest absolute Gasteiger partial charge is 0.128 e. The summed E-state index contributed by atoms with van der Waals surface area (Å²) in [6.07, 6.45) is 3.45. The van der Waals surface area contributed by atoms with Crippen LogP contribution in [0.4, 0.5) is 8.78 Å². The molecule has 1 aromatic heterocycles. The van der Waals surface area contributed by atoms with Gasteiger partial charge in [0.1, 0.15) is 17.5 Å². The van der Waals surface area contributed by atoms with Crippen LogP contribution in [0.15, 0.2) is 30.6 Å². The third-order valence-electron chi connectivity index (χ3n) is 2.61. The summed E-state index contributed by atoms with van der Waals surface area (Å²) in [7, 11) is 0. The van der Waals surface area contributed by atoms with Crippen molar-refractivity contribution in [1.82, 2.24) is 9.55 Å². The van der Waals surface area contributed by atoms with Gasteiger partial charge in [0.2, 0.25) is 0 Å². The van der Waals surface area contributed by atoms with Crippen LogP contribution in [-0.4, -0.2) is 9.55 Å². The van der Waals surface area contributed by atoms with E-state index in [9.17, 15) is 8.78 Å². The zero-order valence-electron chi connectivity index (χ0n) is 9.82. The van der Waals surface area contributed by atoms with Gasteiger partial charge in [-0.2, -0.15) is 0 Å². The molecule has 0 radical (unpaired) electrons. The molecule has 0 saturated carbocycles. The Kier molecular flexibility index (Phi) is 3.22. The number of aromatic nitrogens is 2. The highest BCUT2D eigenvalue weighted by Gasteiger charge is 2.10. The molecule has 0 atom stereocenters. The molecule has 0 unspecified atom stereocenters. The molecule has 0 spiro atoms. The number of imidazole rings is 1. The average molecular weight is 236 g/mol. The fraction of sp³-hybridized carbons (Fsp3) is 0.308. The molecular weight excluding hydrogens is 222 g/mol. The van der Waals surface area contributed by atoms with Gasteiger partial charge >= 0.3 is 0 Å².